The number of aliphatic hydroxyl groups is 1. The fourth-order valence-corrected chi connectivity index (χ4v) is 0.604. The summed E-state index contributed by atoms with van der Waals surface area (Å²) >= 11 is 0. The molecule has 0 aromatic heterocycles. The van der Waals surface area contributed by atoms with E-state index in [2.05, 4.69) is 5.32 Å². The van der Waals surface area contributed by atoms with E-state index in [1.54, 1.807) is 13.8 Å². The van der Waals surface area contributed by atoms with Crippen LogP contribution in [0.15, 0.2) is 0 Å². The van der Waals surface area contributed by atoms with E-state index in [4.69, 9.17) is 15.6 Å². The largest absolute Gasteiger partial charge is 0.381 e. The molecule has 0 fully saturated rings. The Hall–Kier alpha value is -1.14. The minimum Gasteiger partial charge on any atom is -0.381 e. The fourth-order valence-electron chi connectivity index (χ4n) is 0.604. The quantitative estimate of drug-likeness (QED) is 0.483. The van der Waals surface area contributed by atoms with Crippen LogP contribution >= 0.6 is 0 Å². The van der Waals surface area contributed by atoms with Crippen LogP contribution in [0.4, 0.5) is 0 Å². The van der Waals surface area contributed by atoms with Crippen molar-refractivity contribution < 1.29 is 19.4 Å². The van der Waals surface area contributed by atoms with E-state index in [9.17, 15) is 9.59 Å². The monoisotopic (exact) mass is 204 g/mol. The van der Waals surface area contributed by atoms with E-state index < -0.39 is 12.0 Å². The molecule has 0 aliphatic heterocycles. The molecule has 0 aromatic rings. The van der Waals surface area contributed by atoms with Gasteiger partial charge in [0, 0.05) is 0 Å². The summed E-state index contributed by atoms with van der Waals surface area (Å²) in [6.45, 7) is 3.32. The highest BCUT2D eigenvalue weighted by atomic mass is 16.5. The molecule has 0 aliphatic rings. The lowest BCUT2D eigenvalue weighted by Gasteiger charge is -2.10. The Balaban J connectivity index is 3.59. The van der Waals surface area contributed by atoms with Gasteiger partial charge >= 0.3 is 0 Å². The van der Waals surface area contributed by atoms with Gasteiger partial charge in [-0.3, -0.25) is 9.59 Å². The Bertz CT molecular complexity index is 206. The first-order valence-electron chi connectivity index (χ1n) is 4.29. The molecule has 0 aromatic carbocycles. The van der Waals surface area contributed by atoms with Gasteiger partial charge in [0.05, 0.1) is 12.6 Å². The summed E-state index contributed by atoms with van der Waals surface area (Å²) < 4.78 is 4.99. The normalized spacial score (nSPS) is 12.6. The molecule has 0 spiro atoms. The number of nitrogens with two attached hydrogens (primary N) is 1. The van der Waals surface area contributed by atoms with Gasteiger partial charge in [-0.25, -0.2) is 0 Å². The third kappa shape index (κ3) is 6.38. The Morgan fingerprint density at radius 2 is 2.07 bits per heavy atom. The lowest BCUT2D eigenvalue weighted by atomic mass is 10.3. The Kier molecular flexibility index (Phi) is 5.82. The fraction of sp³-hybridized carbons (Fsp3) is 0.750. The summed E-state index contributed by atoms with van der Waals surface area (Å²) in [4.78, 5) is 21.3. The Morgan fingerprint density at radius 1 is 1.50 bits per heavy atom. The molecule has 6 nitrogen and oxygen atoms in total. The van der Waals surface area contributed by atoms with Crippen molar-refractivity contribution in [2.45, 2.75) is 26.1 Å². The number of primary amides is 1. The number of carbonyl (C=O) groups is 2. The topological polar surface area (TPSA) is 102 Å². The van der Waals surface area contributed by atoms with Crippen LogP contribution in [0.3, 0.4) is 0 Å². The van der Waals surface area contributed by atoms with Crippen molar-refractivity contribution in [1.29, 1.82) is 0 Å². The number of aliphatic hydroxyl groups excluding tert-OH is 1. The summed E-state index contributed by atoms with van der Waals surface area (Å²) in [5, 5.41) is 11.2. The SMILES string of the molecule is CC(C)OCC(=O)NCC(O)C(N)=O. The van der Waals surface area contributed by atoms with Gasteiger partial charge in [0.25, 0.3) is 0 Å². The molecule has 0 saturated heterocycles. The first kappa shape index (κ1) is 12.9. The second-order valence-electron chi connectivity index (χ2n) is 3.08. The van der Waals surface area contributed by atoms with E-state index in [-0.39, 0.29) is 25.2 Å². The van der Waals surface area contributed by atoms with E-state index in [1.165, 1.54) is 0 Å². The van der Waals surface area contributed by atoms with Gasteiger partial charge in [-0.1, -0.05) is 0 Å². The maximum atomic E-state index is 11.0. The number of ether oxygens (including phenoxy) is 1. The van der Waals surface area contributed by atoms with Crippen LogP contribution in [0.25, 0.3) is 0 Å². The standard InChI is InChI=1S/C8H16N2O4/c1-5(2)14-4-7(12)10-3-6(11)8(9)13/h5-6,11H,3-4H2,1-2H3,(H2,9,13)(H,10,12). The lowest BCUT2D eigenvalue weighted by Crippen LogP contribution is -2.41. The van der Waals surface area contributed by atoms with Crippen LogP contribution in [0.5, 0.6) is 0 Å². The summed E-state index contributed by atoms with van der Waals surface area (Å²) in [7, 11) is 0. The lowest BCUT2D eigenvalue weighted by molar-refractivity contribution is -0.129. The van der Waals surface area contributed by atoms with E-state index in [1.807, 2.05) is 0 Å². The molecule has 0 bridgehead atoms. The van der Waals surface area contributed by atoms with Gasteiger partial charge in [-0.2, -0.15) is 0 Å². The molecule has 82 valence electrons. The number of nitrogens with one attached hydrogen (secondary N) is 1. The molecule has 0 aliphatic carbocycles. The van der Waals surface area contributed by atoms with Crippen molar-refractivity contribution in [2.75, 3.05) is 13.2 Å². The average molecular weight is 204 g/mol. The van der Waals surface area contributed by atoms with Crippen molar-refractivity contribution in [2.24, 2.45) is 5.73 Å². The van der Waals surface area contributed by atoms with Crippen LogP contribution in [0.2, 0.25) is 0 Å². The maximum Gasteiger partial charge on any atom is 0.248 e. The van der Waals surface area contributed by atoms with Gasteiger partial charge in [0.1, 0.15) is 12.7 Å². The van der Waals surface area contributed by atoms with Gasteiger partial charge in [-0.15, -0.1) is 0 Å². The third-order valence-corrected chi connectivity index (χ3v) is 1.37. The summed E-state index contributed by atoms with van der Waals surface area (Å²) in [6, 6.07) is 0. The van der Waals surface area contributed by atoms with Crippen LogP contribution < -0.4 is 11.1 Å². The van der Waals surface area contributed by atoms with Crippen LogP contribution in [-0.4, -0.2) is 42.3 Å². The van der Waals surface area contributed by atoms with Crippen molar-refractivity contribution in [3.8, 4) is 0 Å². The Morgan fingerprint density at radius 3 is 2.50 bits per heavy atom. The zero-order valence-electron chi connectivity index (χ0n) is 8.32. The second-order valence-corrected chi connectivity index (χ2v) is 3.08. The number of rotatable bonds is 6. The molecule has 0 saturated carbocycles. The number of hydrogen-bond acceptors (Lipinski definition) is 4. The van der Waals surface area contributed by atoms with Crippen LogP contribution in [0, 0.1) is 0 Å². The number of amides is 2. The molecule has 1 atom stereocenters. The predicted molar refractivity (Wildman–Crippen MR) is 49.3 cm³/mol. The highest BCUT2D eigenvalue weighted by molar-refractivity contribution is 5.81. The molecule has 1 unspecified atom stereocenters. The van der Waals surface area contributed by atoms with Crippen molar-refractivity contribution in [1.82, 2.24) is 5.32 Å². The molecule has 14 heavy (non-hydrogen) atoms. The van der Waals surface area contributed by atoms with Gasteiger partial charge < -0.3 is 20.9 Å². The summed E-state index contributed by atoms with van der Waals surface area (Å²) in [5.41, 5.74) is 4.77. The molecule has 0 radical (unpaired) electrons. The first-order valence-corrected chi connectivity index (χ1v) is 4.29. The number of carbonyl (C=O) groups excluding carboxylic acids is 2. The summed E-state index contributed by atoms with van der Waals surface area (Å²) in [6.07, 6.45) is -1.39. The smallest absolute Gasteiger partial charge is 0.248 e. The minimum absolute atomic E-state index is 0.0400. The summed E-state index contributed by atoms with van der Waals surface area (Å²) in [5.74, 6) is -1.26. The first-order chi connectivity index (χ1) is 6.43. The van der Waals surface area contributed by atoms with Crippen molar-refractivity contribution in [3.63, 3.8) is 0 Å². The maximum absolute atomic E-state index is 11.0. The van der Waals surface area contributed by atoms with Crippen molar-refractivity contribution >= 4 is 11.8 Å². The molecule has 0 rings (SSSR count). The molecule has 4 N–H and O–H groups in total. The average Bonchev–Trinajstić information content (AvgIpc) is 2.10. The van der Waals surface area contributed by atoms with E-state index in [0.717, 1.165) is 0 Å². The molecule has 0 heterocycles. The highest BCUT2D eigenvalue weighted by Crippen LogP contribution is 1.86. The van der Waals surface area contributed by atoms with E-state index in [0.29, 0.717) is 0 Å². The van der Waals surface area contributed by atoms with E-state index >= 15 is 0 Å². The Labute approximate surface area is 82.4 Å². The van der Waals surface area contributed by atoms with Gasteiger partial charge in [0.15, 0.2) is 0 Å². The number of hydrogen-bond donors (Lipinski definition) is 3. The molecule has 2 amide bonds. The molecule has 6 heteroatoms. The van der Waals surface area contributed by atoms with Gasteiger partial charge in [-0.05, 0) is 13.8 Å². The molecular weight excluding hydrogens is 188 g/mol. The predicted octanol–water partition coefficient (Wildman–Crippen LogP) is -1.63. The van der Waals surface area contributed by atoms with Gasteiger partial charge in [0.2, 0.25) is 11.8 Å². The zero-order valence-corrected chi connectivity index (χ0v) is 8.32. The highest BCUT2D eigenvalue weighted by Gasteiger charge is 2.12. The van der Waals surface area contributed by atoms with Crippen molar-refractivity contribution in [3.05, 3.63) is 0 Å². The third-order valence-electron chi connectivity index (χ3n) is 1.37. The molecular formula is C8H16N2O4. The van der Waals surface area contributed by atoms with Crippen LogP contribution in [0.1, 0.15) is 13.8 Å². The zero-order chi connectivity index (χ0) is 11.1. The minimum atomic E-state index is -1.35. The second kappa shape index (κ2) is 6.33. The van der Waals surface area contributed by atoms with Crippen LogP contribution in [-0.2, 0) is 14.3 Å².